The Morgan fingerprint density at radius 1 is 0.576 bits per heavy atom. The van der Waals surface area contributed by atoms with Crippen molar-refractivity contribution >= 4 is 12.2 Å². The van der Waals surface area contributed by atoms with Crippen LogP contribution in [-0.2, 0) is 9.47 Å². The zero-order valence-corrected chi connectivity index (χ0v) is 20.2. The molecule has 0 radical (unpaired) electrons. The highest BCUT2D eigenvalue weighted by Gasteiger charge is 2.25. The van der Waals surface area contributed by atoms with Crippen molar-refractivity contribution in [3.8, 4) is 0 Å². The Hall–Kier alpha value is -3.00. The van der Waals surface area contributed by atoms with Crippen LogP contribution in [0.15, 0.2) is 101 Å². The lowest BCUT2D eigenvalue weighted by atomic mass is 9.74. The summed E-state index contributed by atoms with van der Waals surface area (Å²) in [6.07, 6.45) is 20.3. The largest absolute Gasteiger partial charge is 0.499 e. The van der Waals surface area contributed by atoms with Crippen LogP contribution in [0.4, 0.5) is 0 Å². The summed E-state index contributed by atoms with van der Waals surface area (Å²) in [5.41, 5.74) is 2.29. The van der Waals surface area contributed by atoms with E-state index in [1.807, 2.05) is 36.4 Å². The van der Waals surface area contributed by atoms with E-state index in [-0.39, 0.29) is 0 Å². The average Bonchev–Trinajstić information content (AvgIpc) is 3.31. The Morgan fingerprint density at radius 3 is 1.42 bits per heavy atom. The molecule has 5 unspecified atom stereocenters. The predicted molar refractivity (Wildman–Crippen MR) is 146 cm³/mol. The first-order valence-electron chi connectivity index (χ1n) is 11.8. The zero-order valence-electron chi connectivity index (χ0n) is 20.2. The highest BCUT2D eigenvalue weighted by Crippen LogP contribution is 2.35. The molecular weight excluding hydrogens is 404 g/mol. The molecule has 2 nitrogen and oxygen atoms in total. The molecule has 2 aliphatic rings. The van der Waals surface area contributed by atoms with E-state index in [0.717, 1.165) is 30.4 Å². The molecule has 33 heavy (non-hydrogen) atoms. The molecule has 0 amide bonds. The summed E-state index contributed by atoms with van der Waals surface area (Å²) < 4.78 is 10.5. The number of allylic oxidation sites excluding steroid dienone is 3. The van der Waals surface area contributed by atoms with Gasteiger partial charge in [-0.25, -0.2) is 0 Å². The SMILES string of the molecule is C=CC1CCC(C=C)C(C=C)C1.C=COC1CCC(OC=C)C1.C=Cc1ccc(C=C)cc1. The number of benzene rings is 1. The van der Waals surface area contributed by atoms with Crippen molar-refractivity contribution < 1.29 is 9.47 Å². The molecule has 0 heterocycles. The van der Waals surface area contributed by atoms with E-state index < -0.39 is 0 Å². The van der Waals surface area contributed by atoms with E-state index in [4.69, 9.17) is 9.47 Å². The standard InChI is InChI=1S/C12H18.C10H10.C9H14O2/c1-4-10-7-8-11(5-2)12(6-3)9-10;1-3-9-5-7-10(4-2)8-6-9;1-3-10-8-5-6-9(7-8)11-4-2/h4-6,10-12H,1-3,7-9H2;3-8H,1-2H2;3-4,8-9H,1-2,5-7H2. The smallest absolute Gasteiger partial charge is 0.101 e. The first kappa shape index (κ1) is 28.0. The van der Waals surface area contributed by atoms with Crippen LogP contribution in [0.1, 0.15) is 49.7 Å². The highest BCUT2D eigenvalue weighted by atomic mass is 16.5. The van der Waals surface area contributed by atoms with Gasteiger partial charge in [0.15, 0.2) is 0 Å². The molecule has 0 aliphatic heterocycles. The van der Waals surface area contributed by atoms with Gasteiger partial charge in [-0.2, -0.15) is 0 Å². The van der Waals surface area contributed by atoms with Gasteiger partial charge in [0.1, 0.15) is 12.2 Å². The van der Waals surface area contributed by atoms with E-state index >= 15 is 0 Å². The highest BCUT2D eigenvalue weighted by molar-refractivity contribution is 5.53. The summed E-state index contributed by atoms with van der Waals surface area (Å²) >= 11 is 0. The van der Waals surface area contributed by atoms with Crippen LogP contribution in [0.25, 0.3) is 12.2 Å². The Kier molecular flexibility index (Phi) is 14.1. The monoisotopic (exact) mass is 446 g/mol. The zero-order chi connectivity index (χ0) is 24.5. The topological polar surface area (TPSA) is 18.5 Å². The fourth-order valence-electron chi connectivity index (χ4n) is 4.23. The van der Waals surface area contributed by atoms with Crippen LogP contribution in [0.5, 0.6) is 0 Å². The van der Waals surface area contributed by atoms with Gasteiger partial charge < -0.3 is 9.47 Å². The van der Waals surface area contributed by atoms with Gasteiger partial charge in [-0.3, -0.25) is 0 Å². The second-order valence-electron chi connectivity index (χ2n) is 8.35. The third kappa shape index (κ3) is 10.4. The first-order valence-corrected chi connectivity index (χ1v) is 11.8. The molecule has 1 aromatic carbocycles. The van der Waals surface area contributed by atoms with Gasteiger partial charge in [-0.15, -0.1) is 19.7 Å². The molecule has 3 rings (SSSR count). The van der Waals surface area contributed by atoms with E-state index in [1.54, 1.807) is 0 Å². The van der Waals surface area contributed by atoms with Gasteiger partial charge in [0.2, 0.25) is 0 Å². The van der Waals surface area contributed by atoms with Crippen molar-refractivity contribution in [2.75, 3.05) is 0 Å². The second-order valence-corrected chi connectivity index (χ2v) is 8.35. The third-order valence-electron chi connectivity index (χ3n) is 6.26. The molecule has 2 fully saturated rings. The van der Waals surface area contributed by atoms with Crippen molar-refractivity contribution in [1.29, 1.82) is 0 Å². The van der Waals surface area contributed by atoms with Gasteiger partial charge in [0.25, 0.3) is 0 Å². The third-order valence-corrected chi connectivity index (χ3v) is 6.26. The average molecular weight is 447 g/mol. The van der Waals surface area contributed by atoms with Gasteiger partial charge in [-0.05, 0) is 61.0 Å². The molecule has 2 heteroatoms. The summed E-state index contributed by atoms with van der Waals surface area (Å²) in [7, 11) is 0. The van der Waals surface area contributed by atoms with E-state index in [9.17, 15) is 0 Å². The molecule has 0 saturated heterocycles. The number of hydrogen-bond acceptors (Lipinski definition) is 2. The van der Waals surface area contributed by atoms with Gasteiger partial charge >= 0.3 is 0 Å². The summed E-state index contributed by atoms with van der Waals surface area (Å²) in [4.78, 5) is 0. The molecule has 0 aromatic heterocycles. The van der Waals surface area contributed by atoms with Gasteiger partial charge in [0, 0.05) is 6.42 Å². The quantitative estimate of drug-likeness (QED) is 0.279. The minimum Gasteiger partial charge on any atom is -0.499 e. The summed E-state index contributed by atoms with van der Waals surface area (Å²) in [6.45, 7) is 25.9. The van der Waals surface area contributed by atoms with E-state index in [1.165, 1.54) is 31.8 Å². The van der Waals surface area contributed by atoms with Crippen LogP contribution < -0.4 is 0 Å². The number of hydrogen-bond donors (Lipinski definition) is 0. The van der Waals surface area contributed by atoms with Crippen molar-refractivity contribution in [3.05, 3.63) is 112 Å². The van der Waals surface area contributed by atoms with Crippen LogP contribution >= 0.6 is 0 Å². The maximum atomic E-state index is 5.23. The molecule has 5 atom stereocenters. The van der Waals surface area contributed by atoms with Crippen LogP contribution in [-0.4, -0.2) is 12.2 Å². The van der Waals surface area contributed by atoms with Crippen molar-refractivity contribution in [2.24, 2.45) is 17.8 Å². The molecule has 178 valence electrons. The van der Waals surface area contributed by atoms with Crippen molar-refractivity contribution in [3.63, 3.8) is 0 Å². The number of rotatable bonds is 9. The Balaban J connectivity index is 0.000000249. The fourth-order valence-corrected chi connectivity index (χ4v) is 4.23. The molecule has 2 aliphatic carbocycles. The van der Waals surface area contributed by atoms with Crippen molar-refractivity contribution in [1.82, 2.24) is 0 Å². The predicted octanol–water partition coefficient (Wildman–Crippen LogP) is 8.78. The van der Waals surface area contributed by atoms with Crippen LogP contribution in [0.3, 0.4) is 0 Å². The lowest BCUT2D eigenvalue weighted by molar-refractivity contribution is 0.109. The van der Waals surface area contributed by atoms with Crippen LogP contribution in [0, 0.1) is 17.8 Å². The maximum Gasteiger partial charge on any atom is 0.101 e. The van der Waals surface area contributed by atoms with Crippen molar-refractivity contribution in [2.45, 2.75) is 50.7 Å². The summed E-state index contributed by atoms with van der Waals surface area (Å²) in [6, 6.07) is 8.07. The Labute approximate surface area is 202 Å². The first-order chi connectivity index (χ1) is 16.0. The minimum atomic E-state index is 0.303. The molecule has 0 spiro atoms. The van der Waals surface area contributed by atoms with Gasteiger partial charge in [0.05, 0.1) is 12.5 Å². The summed E-state index contributed by atoms with van der Waals surface area (Å²) in [5, 5.41) is 0. The Bertz CT molecular complexity index is 715. The van der Waals surface area contributed by atoms with E-state index in [2.05, 4.69) is 64.3 Å². The molecule has 0 bridgehead atoms. The fraction of sp³-hybridized carbons (Fsp3) is 0.355. The molecular formula is C31H42O2. The molecule has 1 aromatic rings. The minimum absolute atomic E-state index is 0.303. The number of ether oxygens (including phenoxy) is 2. The molecule has 0 N–H and O–H groups in total. The molecule has 2 saturated carbocycles. The lowest BCUT2D eigenvalue weighted by Gasteiger charge is -2.31. The second kappa shape index (κ2) is 16.6. The van der Waals surface area contributed by atoms with Crippen LogP contribution in [0.2, 0.25) is 0 Å². The Morgan fingerprint density at radius 2 is 1.06 bits per heavy atom. The maximum absolute atomic E-state index is 5.23. The normalized spacial score (nSPS) is 25.4. The van der Waals surface area contributed by atoms with E-state index in [0.29, 0.717) is 30.0 Å². The van der Waals surface area contributed by atoms with Gasteiger partial charge in [-0.1, -0.05) is 81.0 Å². The summed E-state index contributed by atoms with van der Waals surface area (Å²) in [5.74, 6) is 1.97. The lowest BCUT2D eigenvalue weighted by Crippen LogP contribution is -2.20.